The molecule has 0 radical (unpaired) electrons. The van der Waals surface area contributed by atoms with Crippen LogP contribution < -0.4 is 0 Å². The van der Waals surface area contributed by atoms with Gasteiger partial charge in [0.25, 0.3) is 0 Å². The molecule has 0 aliphatic carbocycles. The molecule has 0 heterocycles. The highest BCUT2D eigenvalue weighted by Gasteiger charge is 1.82. The maximum Gasteiger partial charge on any atom is 0.158 e. The SMILES string of the molecule is COC/N=N/c1ccccc1. The Bertz CT molecular complexity index is 221. The molecule has 0 saturated carbocycles. The van der Waals surface area contributed by atoms with Crippen molar-refractivity contribution in [2.45, 2.75) is 0 Å². The van der Waals surface area contributed by atoms with Crippen molar-refractivity contribution in [3.8, 4) is 0 Å². The number of benzene rings is 1. The maximum absolute atomic E-state index is 4.70. The number of ether oxygens (including phenoxy) is 1. The molecular formula is C8H10N2O. The highest BCUT2D eigenvalue weighted by Crippen LogP contribution is 2.09. The molecule has 3 nitrogen and oxygen atoms in total. The van der Waals surface area contributed by atoms with Crippen molar-refractivity contribution in [2.24, 2.45) is 10.2 Å². The molecule has 0 aliphatic heterocycles. The van der Waals surface area contributed by atoms with Crippen LogP contribution in [0.25, 0.3) is 0 Å². The lowest BCUT2D eigenvalue weighted by atomic mass is 10.3. The van der Waals surface area contributed by atoms with Crippen LogP contribution in [0.2, 0.25) is 0 Å². The number of azo groups is 1. The molecule has 0 bridgehead atoms. The first-order chi connectivity index (χ1) is 5.43. The third-order valence-corrected chi connectivity index (χ3v) is 1.13. The van der Waals surface area contributed by atoms with Gasteiger partial charge < -0.3 is 4.74 Å². The molecule has 0 aromatic heterocycles. The number of rotatable bonds is 3. The molecule has 1 aromatic rings. The average molecular weight is 150 g/mol. The highest BCUT2D eigenvalue weighted by atomic mass is 16.5. The monoisotopic (exact) mass is 150 g/mol. The van der Waals surface area contributed by atoms with Gasteiger partial charge in [0.15, 0.2) is 6.73 Å². The second-order valence-electron chi connectivity index (χ2n) is 1.99. The molecule has 58 valence electrons. The lowest BCUT2D eigenvalue weighted by molar-refractivity contribution is 0.203. The van der Waals surface area contributed by atoms with Gasteiger partial charge in [-0.2, -0.15) is 10.2 Å². The minimum Gasteiger partial charge on any atom is -0.361 e. The van der Waals surface area contributed by atoms with E-state index in [4.69, 9.17) is 4.74 Å². The van der Waals surface area contributed by atoms with Gasteiger partial charge in [-0.05, 0) is 12.1 Å². The first-order valence-corrected chi connectivity index (χ1v) is 3.35. The zero-order valence-corrected chi connectivity index (χ0v) is 6.40. The van der Waals surface area contributed by atoms with Crippen LogP contribution in [0.15, 0.2) is 40.6 Å². The third-order valence-electron chi connectivity index (χ3n) is 1.13. The first kappa shape index (κ1) is 7.88. The number of hydrogen-bond acceptors (Lipinski definition) is 3. The van der Waals surface area contributed by atoms with Gasteiger partial charge in [-0.15, -0.1) is 0 Å². The Kier molecular flexibility index (Phi) is 3.28. The second kappa shape index (κ2) is 4.57. The summed E-state index contributed by atoms with van der Waals surface area (Å²) >= 11 is 0. The lowest BCUT2D eigenvalue weighted by Gasteiger charge is -1.89. The highest BCUT2D eigenvalue weighted by molar-refractivity contribution is 5.34. The van der Waals surface area contributed by atoms with Crippen LogP contribution in [0.4, 0.5) is 5.69 Å². The van der Waals surface area contributed by atoms with Crippen LogP contribution in [0.1, 0.15) is 0 Å². The van der Waals surface area contributed by atoms with E-state index in [1.165, 1.54) is 0 Å². The Morgan fingerprint density at radius 1 is 1.27 bits per heavy atom. The van der Waals surface area contributed by atoms with Crippen molar-refractivity contribution in [2.75, 3.05) is 13.8 Å². The van der Waals surface area contributed by atoms with Gasteiger partial charge in [-0.25, -0.2) is 0 Å². The second-order valence-corrected chi connectivity index (χ2v) is 1.99. The predicted octanol–water partition coefficient (Wildman–Crippen LogP) is 2.37. The van der Waals surface area contributed by atoms with E-state index in [0.717, 1.165) is 5.69 Å². The van der Waals surface area contributed by atoms with Gasteiger partial charge in [0.05, 0.1) is 5.69 Å². The van der Waals surface area contributed by atoms with E-state index in [1.807, 2.05) is 30.3 Å². The molecule has 0 N–H and O–H groups in total. The maximum atomic E-state index is 4.70. The summed E-state index contributed by atoms with van der Waals surface area (Å²) in [6.07, 6.45) is 0. The summed E-state index contributed by atoms with van der Waals surface area (Å²) in [5.41, 5.74) is 0.851. The van der Waals surface area contributed by atoms with Crippen molar-refractivity contribution in [3.05, 3.63) is 30.3 Å². The zero-order valence-electron chi connectivity index (χ0n) is 6.40. The fourth-order valence-electron chi connectivity index (χ4n) is 0.663. The van der Waals surface area contributed by atoms with Gasteiger partial charge in [-0.3, -0.25) is 0 Å². The van der Waals surface area contributed by atoms with Crippen molar-refractivity contribution >= 4 is 5.69 Å². The number of methoxy groups -OCH3 is 1. The van der Waals surface area contributed by atoms with Crippen LogP contribution in [0.3, 0.4) is 0 Å². The normalized spacial score (nSPS) is 10.6. The van der Waals surface area contributed by atoms with E-state index in [0.29, 0.717) is 6.73 Å². The molecule has 3 heteroatoms. The first-order valence-electron chi connectivity index (χ1n) is 3.35. The smallest absolute Gasteiger partial charge is 0.158 e. The van der Waals surface area contributed by atoms with Crippen molar-refractivity contribution < 1.29 is 4.74 Å². The van der Waals surface area contributed by atoms with Crippen molar-refractivity contribution in [3.63, 3.8) is 0 Å². The van der Waals surface area contributed by atoms with Crippen LogP contribution >= 0.6 is 0 Å². The molecule has 0 spiro atoms. The fourth-order valence-corrected chi connectivity index (χ4v) is 0.663. The van der Waals surface area contributed by atoms with Crippen LogP contribution in [-0.4, -0.2) is 13.8 Å². The van der Waals surface area contributed by atoms with E-state index in [9.17, 15) is 0 Å². The van der Waals surface area contributed by atoms with Gasteiger partial charge in [0, 0.05) is 7.11 Å². The molecule has 0 unspecified atom stereocenters. The van der Waals surface area contributed by atoms with Gasteiger partial charge in [0.1, 0.15) is 0 Å². The summed E-state index contributed by atoms with van der Waals surface area (Å²) in [4.78, 5) is 0. The molecule has 0 amide bonds. The Hall–Kier alpha value is -1.22. The summed E-state index contributed by atoms with van der Waals surface area (Å²) in [5.74, 6) is 0. The quantitative estimate of drug-likeness (QED) is 0.609. The Morgan fingerprint density at radius 2 is 2.00 bits per heavy atom. The van der Waals surface area contributed by atoms with Gasteiger partial charge in [-0.1, -0.05) is 18.2 Å². The molecule has 0 aliphatic rings. The van der Waals surface area contributed by atoms with Crippen molar-refractivity contribution in [1.82, 2.24) is 0 Å². The fraction of sp³-hybridized carbons (Fsp3) is 0.250. The average Bonchev–Trinajstić information content (AvgIpc) is 2.07. The lowest BCUT2D eigenvalue weighted by Crippen LogP contribution is -1.78. The standard InChI is InChI=1S/C8H10N2O/c1-11-7-9-10-8-5-3-2-4-6-8/h2-6H,7H2,1H3/b10-9+. The van der Waals surface area contributed by atoms with Gasteiger partial charge in [0.2, 0.25) is 0 Å². The summed E-state index contributed by atoms with van der Waals surface area (Å²) in [5, 5.41) is 7.66. The predicted molar refractivity (Wildman–Crippen MR) is 42.8 cm³/mol. The summed E-state index contributed by atoms with van der Waals surface area (Å²) in [6, 6.07) is 9.55. The van der Waals surface area contributed by atoms with Gasteiger partial charge >= 0.3 is 0 Å². The van der Waals surface area contributed by atoms with Crippen molar-refractivity contribution in [1.29, 1.82) is 0 Å². The summed E-state index contributed by atoms with van der Waals surface area (Å²) in [7, 11) is 1.59. The Morgan fingerprint density at radius 3 is 2.64 bits per heavy atom. The molecular weight excluding hydrogens is 140 g/mol. The summed E-state index contributed by atoms with van der Waals surface area (Å²) in [6.45, 7) is 0.314. The minimum absolute atomic E-state index is 0.314. The van der Waals surface area contributed by atoms with E-state index < -0.39 is 0 Å². The molecule has 0 fully saturated rings. The van der Waals surface area contributed by atoms with E-state index in [1.54, 1.807) is 7.11 Å². The van der Waals surface area contributed by atoms with E-state index in [-0.39, 0.29) is 0 Å². The number of hydrogen-bond donors (Lipinski definition) is 0. The summed E-state index contributed by atoms with van der Waals surface area (Å²) < 4.78 is 4.70. The Labute approximate surface area is 65.7 Å². The van der Waals surface area contributed by atoms with Crippen LogP contribution in [0.5, 0.6) is 0 Å². The number of nitrogens with zero attached hydrogens (tertiary/aromatic N) is 2. The zero-order chi connectivity index (χ0) is 7.94. The molecule has 11 heavy (non-hydrogen) atoms. The molecule has 0 saturated heterocycles. The van der Waals surface area contributed by atoms with Crippen LogP contribution in [-0.2, 0) is 4.74 Å². The minimum atomic E-state index is 0.314. The Balaban J connectivity index is 2.50. The molecule has 1 rings (SSSR count). The third kappa shape index (κ3) is 2.91. The van der Waals surface area contributed by atoms with Crippen LogP contribution in [0, 0.1) is 0 Å². The molecule has 0 atom stereocenters. The van der Waals surface area contributed by atoms with E-state index >= 15 is 0 Å². The molecule has 1 aromatic carbocycles. The topological polar surface area (TPSA) is 34.0 Å². The largest absolute Gasteiger partial charge is 0.361 e. The van der Waals surface area contributed by atoms with E-state index in [2.05, 4.69) is 10.2 Å².